The van der Waals surface area contributed by atoms with Crippen LogP contribution in [-0.4, -0.2) is 27.0 Å². The molecule has 1 aliphatic heterocycles. The number of ether oxygens (including phenoxy) is 1. The molecule has 1 aromatic heterocycles. The topological polar surface area (TPSA) is 92.6 Å². The molecule has 1 amide bonds. The maximum absolute atomic E-state index is 14.5. The van der Waals surface area contributed by atoms with Crippen LogP contribution in [0.25, 0.3) is 5.76 Å². The number of thioether (sulfide) groups is 1. The van der Waals surface area contributed by atoms with Crippen LogP contribution in [-0.2, 0) is 15.3 Å². The molecule has 0 saturated carbocycles. The summed E-state index contributed by atoms with van der Waals surface area (Å²) in [5.41, 5.74) is 1.52. The first-order valence-corrected chi connectivity index (χ1v) is 16.1. The average Bonchev–Trinajstić information content (AvgIpc) is 3.60. The molecule has 1 fully saturated rings. The highest BCUT2D eigenvalue weighted by Crippen LogP contribution is 2.45. The third-order valence-electron chi connectivity index (χ3n) is 7.01. The largest absolute Gasteiger partial charge is 0.507 e. The van der Waals surface area contributed by atoms with Crippen LogP contribution in [0.5, 0.6) is 11.5 Å². The number of amides is 1. The van der Waals surface area contributed by atoms with Crippen LogP contribution in [0.2, 0.25) is 10.0 Å². The number of aryl methyl sites for hydroxylation is 1. The molecule has 1 aliphatic rings. The molecule has 0 radical (unpaired) electrons. The van der Waals surface area contributed by atoms with E-state index >= 15 is 0 Å². The van der Waals surface area contributed by atoms with Crippen molar-refractivity contribution in [3.63, 3.8) is 0 Å². The number of para-hydroxylation sites is 1. The summed E-state index contributed by atoms with van der Waals surface area (Å²) >= 11 is 14.8. The molecule has 12 heteroatoms. The zero-order chi connectivity index (χ0) is 31.7. The lowest BCUT2D eigenvalue weighted by Gasteiger charge is -2.23. The normalized spacial score (nSPS) is 15.9. The third kappa shape index (κ3) is 6.46. The number of hydrogen-bond donors (Lipinski definition) is 1. The van der Waals surface area contributed by atoms with E-state index in [1.54, 1.807) is 55.5 Å². The quantitative estimate of drug-likeness (QED) is 0.0576. The van der Waals surface area contributed by atoms with Crippen molar-refractivity contribution in [3.05, 3.63) is 135 Å². The number of ketones is 1. The predicted octanol–water partition coefficient (Wildman–Crippen LogP) is 9.00. The number of nitrogens with zero attached hydrogens (tertiary/aromatic N) is 3. The van der Waals surface area contributed by atoms with Crippen molar-refractivity contribution < 1.29 is 23.8 Å². The van der Waals surface area contributed by atoms with Gasteiger partial charge in [0.2, 0.25) is 5.13 Å². The fourth-order valence-electron chi connectivity index (χ4n) is 4.75. The van der Waals surface area contributed by atoms with Crippen LogP contribution >= 0.6 is 46.3 Å². The van der Waals surface area contributed by atoms with Gasteiger partial charge in [0.05, 0.1) is 11.6 Å². The molecule has 2 heterocycles. The van der Waals surface area contributed by atoms with Crippen molar-refractivity contribution in [2.24, 2.45) is 0 Å². The Balaban J connectivity index is 1.40. The monoisotopic (exact) mass is 677 g/mol. The first-order chi connectivity index (χ1) is 21.7. The summed E-state index contributed by atoms with van der Waals surface area (Å²) in [4.78, 5) is 28.4. The molecule has 1 atom stereocenters. The standard InChI is InChI=1S/C33H22Cl2FN3O4S2/c1-18-10-11-20(15-26(18)36)29(40)27-28(19-6-5-9-24(14-19)43-23-7-3-2-4-8-23)39(31(42)30(27)41)32-37-38-33(45-32)44-17-21-12-13-22(34)16-25(21)35/h2-16,28,40H,17H2,1H3/t28-/m1/s1. The number of hydrogen-bond acceptors (Lipinski definition) is 8. The van der Waals surface area contributed by atoms with Gasteiger partial charge in [0.15, 0.2) is 4.34 Å². The summed E-state index contributed by atoms with van der Waals surface area (Å²) in [6, 6.07) is 24.2. The minimum atomic E-state index is -1.11. The molecule has 1 saturated heterocycles. The Morgan fingerprint density at radius 2 is 1.76 bits per heavy atom. The number of carbonyl (C=O) groups is 2. The molecule has 0 bridgehead atoms. The third-order valence-corrected chi connectivity index (χ3v) is 9.70. The van der Waals surface area contributed by atoms with Gasteiger partial charge < -0.3 is 9.84 Å². The fraction of sp³-hybridized carbons (Fsp3) is 0.0909. The lowest BCUT2D eigenvalue weighted by atomic mass is 9.95. The molecule has 0 aliphatic carbocycles. The summed E-state index contributed by atoms with van der Waals surface area (Å²) < 4.78 is 21.1. The lowest BCUT2D eigenvalue weighted by Crippen LogP contribution is -2.29. The van der Waals surface area contributed by atoms with E-state index in [4.69, 9.17) is 27.9 Å². The van der Waals surface area contributed by atoms with Gasteiger partial charge >= 0.3 is 5.91 Å². The van der Waals surface area contributed by atoms with Crippen LogP contribution in [0.1, 0.15) is 28.3 Å². The van der Waals surface area contributed by atoms with Gasteiger partial charge in [0, 0.05) is 21.4 Å². The van der Waals surface area contributed by atoms with Crippen LogP contribution in [0.3, 0.4) is 0 Å². The highest BCUT2D eigenvalue weighted by atomic mass is 35.5. The summed E-state index contributed by atoms with van der Waals surface area (Å²) in [5, 5.41) is 21.1. The Morgan fingerprint density at radius 1 is 0.978 bits per heavy atom. The van der Waals surface area contributed by atoms with E-state index in [0.717, 1.165) is 23.0 Å². The van der Waals surface area contributed by atoms with E-state index in [1.165, 1.54) is 28.8 Å². The van der Waals surface area contributed by atoms with Crippen LogP contribution in [0.15, 0.2) is 101 Å². The van der Waals surface area contributed by atoms with Gasteiger partial charge in [0.25, 0.3) is 5.78 Å². The maximum Gasteiger partial charge on any atom is 0.301 e. The zero-order valence-corrected chi connectivity index (χ0v) is 26.6. The number of halogens is 3. The Labute approximate surface area is 275 Å². The van der Waals surface area contributed by atoms with E-state index in [-0.39, 0.29) is 16.3 Å². The molecule has 45 heavy (non-hydrogen) atoms. The van der Waals surface area contributed by atoms with Gasteiger partial charge in [-0.2, -0.15) is 0 Å². The molecule has 6 rings (SSSR count). The molecule has 0 unspecified atom stereocenters. The van der Waals surface area contributed by atoms with Gasteiger partial charge in [-0.1, -0.05) is 94.8 Å². The van der Waals surface area contributed by atoms with E-state index in [1.807, 2.05) is 24.3 Å². The van der Waals surface area contributed by atoms with Crippen LogP contribution < -0.4 is 9.64 Å². The molecular formula is C33H22Cl2FN3O4S2. The van der Waals surface area contributed by atoms with Crippen molar-refractivity contribution in [1.82, 2.24) is 10.2 Å². The summed E-state index contributed by atoms with van der Waals surface area (Å²) in [7, 11) is 0. The number of benzene rings is 4. The molecule has 5 aromatic rings. The maximum atomic E-state index is 14.5. The Hall–Kier alpha value is -4.22. The Morgan fingerprint density at radius 3 is 2.51 bits per heavy atom. The number of Topliss-reactive ketones (excluding diaryl/α,β-unsaturated/α-hetero) is 1. The number of anilines is 1. The van der Waals surface area contributed by atoms with Gasteiger partial charge in [0.1, 0.15) is 23.1 Å². The number of carbonyl (C=O) groups excluding carboxylic acids is 2. The van der Waals surface area contributed by atoms with E-state index in [2.05, 4.69) is 10.2 Å². The SMILES string of the molecule is Cc1ccc(C(O)=C2C(=O)C(=O)N(c3nnc(SCc4ccc(Cl)cc4Cl)s3)[C@@H]2c2cccc(Oc3ccccc3)c2)cc1F. The number of aliphatic hydroxyl groups excluding tert-OH is 1. The fourth-order valence-corrected chi connectivity index (χ4v) is 7.18. The zero-order valence-electron chi connectivity index (χ0n) is 23.4. The first kappa shape index (κ1) is 30.8. The highest BCUT2D eigenvalue weighted by Gasteiger charge is 2.48. The number of aromatic nitrogens is 2. The number of aliphatic hydroxyl groups is 1. The highest BCUT2D eigenvalue weighted by molar-refractivity contribution is 8.00. The first-order valence-electron chi connectivity index (χ1n) is 13.5. The second-order valence-electron chi connectivity index (χ2n) is 10.00. The van der Waals surface area contributed by atoms with Gasteiger partial charge in [-0.15, -0.1) is 10.2 Å². The number of rotatable bonds is 8. The molecule has 7 nitrogen and oxygen atoms in total. The van der Waals surface area contributed by atoms with E-state index < -0.39 is 29.3 Å². The smallest absolute Gasteiger partial charge is 0.301 e. The van der Waals surface area contributed by atoms with E-state index in [9.17, 15) is 19.1 Å². The van der Waals surface area contributed by atoms with Crippen LogP contribution in [0.4, 0.5) is 9.52 Å². The van der Waals surface area contributed by atoms with Gasteiger partial charge in [-0.3, -0.25) is 14.5 Å². The van der Waals surface area contributed by atoms with Crippen molar-refractivity contribution >= 4 is 68.9 Å². The van der Waals surface area contributed by atoms with E-state index in [0.29, 0.717) is 42.8 Å². The average molecular weight is 679 g/mol. The molecule has 226 valence electrons. The minimum Gasteiger partial charge on any atom is -0.507 e. The van der Waals surface area contributed by atoms with Crippen molar-refractivity contribution in [2.75, 3.05) is 4.90 Å². The van der Waals surface area contributed by atoms with Crippen molar-refractivity contribution in [2.45, 2.75) is 23.1 Å². The van der Waals surface area contributed by atoms with Crippen LogP contribution in [0, 0.1) is 12.7 Å². The second-order valence-corrected chi connectivity index (χ2v) is 13.0. The summed E-state index contributed by atoms with van der Waals surface area (Å²) in [6.07, 6.45) is 0. The van der Waals surface area contributed by atoms with Gasteiger partial charge in [-0.05, 0) is 66.1 Å². The lowest BCUT2D eigenvalue weighted by molar-refractivity contribution is -0.132. The minimum absolute atomic E-state index is 0.0612. The molecule has 4 aromatic carbocycles. The predicted molar refractivity (Wildman–Crippen MR) is 175 cm³/mol. The second kappa shape index (κ2) is 13.0. The Kier molecular flexibility index (Phi) is 8.91. The van der Waals surface area contributed by atoms with Gasteiger partial charge in [-0.25, -0.2) is 4.39 Å². The Bertz CT molecular complexity index is 1970. The van der Waals surface area contributed by atoms with Crippen molar-refractivity contribution in [1.29, 1.82) is 0 Å². The van der Waals surface area contributed by atoms with Crippen molar-refractivity contribution in [3.8, 4) is 11.5 Å². The summed E-state index contributed by atoms with van der Waals surface area (Å²) in [6.45, 7) is 1.59. The summed E-state index contributed by atoms with van der Waals surface area (Å²) in [5.74, 6) is -1.42. The molecule has 1 N–H and O–H groups in total. The molecular weight excluding hydrogens is 656 g/mol. The molecule has 0 spiro atoms.